The van der Waals surface area contributed by atoms with Crippen LogP contribution in [0.25, 0.3) is 5.69 Å². The Kier molecular flexibility index (Phi) is 6.10. The summed E-state index contributed by atoms with van der Waals surface area (Å²) in [6.45, 7) is 0. The Labute approximate surface area is 165 Å². The minimum absolute atomic E-state index is 0.153. The van der Waals surface area contributed by atoms with Crippen LogP contribution in [0.2, 0.25) is 0 Å². The quantitative estimate of drug-likeness (QED) is 0.360. The number of methoxy groups -OCH3 is 1. The maximum Gasteiger partial charge on any atom is 0.269 e. The van der Waals surface area contributed by atoms with Crippen molar-refractivity contribution in [3.05, 3.63) is 75.8 Å². The monoisotopic (exact) mass is 398 g/mol. The van der Waals surface area contributed by atoms with Crippen molar-refractivity contribution in [2.45, 2.75) is 10.9 Å². The first kappa shape index (κ1) is 19.6. The Morgan fingerprint density at radius 3 is 2.75 bits per heavy atom. The van der Waals surface area contributed by atoms with Crippen molar-refractivity contribution in [2.75, 3.05) is 19.5 Å². The van der Waals surface area contributed by atoms with Crippen LogP contribution in [0.15, 0.2) is 58.5 Å². The second-order valence-electron chi connectivity index (χ2n) is 5.81. The van der Waals surface area contributed by atoms with Crippen LogP contribution in [0.1, 0.15) is 11.1 Å². The molecule has 0 spiro atoms. The lowest BCUT2D eigenvalue weighted by Crippen LogP contribution is -2.26. The molecule has 8 heteroatoms. The summed E-state index contributed by atoms with van der Waals surface area (Å²) in [7, 11) is 3.19. The molecule has 0 radical (unpaired) electrons. The fourth-order valence-electron chi connectivity index (χ4n) is 2.68. The highest BCUT2D eigenvalue weighted by Crippen LogP contribution is 2.26. The van der Waals surface area contributed by atoms with Gasteiger partial charge in [-0.25, -0.2) is 9.37 Å². The molecule has 1 heterocycles. The van der Waals surface area contributed by atoms with Gasteiger partial charge in [-0.15, -0.1) is 0 Å². The predicted octanol–water partition coefficient (Wildman–Crippen LogP) is 3.71. The number of nitrogens with one attached hydrogen (secondary N) is 2. The minimum atomic E-state index is -0.371. The standard InChI is InChI=1S/C20H19FN4O2S/c1-23-18-17(11-22)19(26)25(15-7-4-8-16(10-15)27-2)20(24-18)28-12-13-5-3-6-14(21)9-13/h3-11,22-23H,12H2,1-2H3. The van der Waals surface area contributed by atoms with Gasteiger partial charge in [0.1, 0.15) is 22.9 Å². The summed E-state index contributed by atoms with van der Waals surface area (Å²) in [5.74, 6) is 1.04. The zero-order valence-corrected chi connectivity index (χ0v) is 16.2. The highest BCUT2D eigenvalue weighted by Gasteiger charge is 2.17. The minimum Gasteiger partial charge on any atom is -0.497 e. The van der Waals surface area contributed by atoms with E-state index in [2.05, 4.69) is 10.3 Å². The van der Waals surface area contributed by atoms with Crippen LogP contribution >= 0.6 is 11.8 Å². The van der Waals surface area contributed by atoms with Gasteiger partial charge in [-0.2, -0.15) is 0 Å². The van der Waals surface area contributed by atoms with Crippen molar-refractivity contribution in [1.29, 1.82) is 5.41 Å². The van der Waals surface area contributed by atoms with E-state index in [4.69, 9.17) is 10.1 Å². The molecule has 0 atom stereocenters. The van der Waals surface area contributed by atoms with Crippen LogP contribution in [-0.2, 0) is 5.75 Å². The topological polar surface area (TPSA) is 80.0 Å². The van der Waals surface area contributed by atoms with Gasteiger partial charge in [-0.3, -0.25) is 9.36 Å². The van der Waals surface area contributed by atoms with Crippen molar-refractivity contribution in [1.82, 2.24) is 9.55 Å². The van der Waals surface area contributed by atoms with Gasteiger partial charge in [0, 0.05) is 25.1 Å². The first-order valence-corrected chi connectivity index (χ1v) is 9.43. The summed E-state index contributed by atoms with van der Waals surface area (Å²) in [6, 6.07) is 13.3. The smallest absolute Gasteiger partial charge is 0.269 e. The SMILES string of the molecule is CNc1nc(SCc2cccc(F)c2)n(-c2cccc(OC)c2)c(=O)c1C=N. The fourth-order valence-corrected chi connectivity index (χ4v) is 3.63. The van der Waals surface area contributed by atoms with Crippen molar-refractivity contribution in [2.24, 2.45) is 0 Å². The molecule has 2 N–H and O–H groups in total. The van der Waals surface area contributed by atoms with Gasteiger partial charge in [-0.1, -0.05) is 30.0 Å². The van der Waals surface area contributed by atoms with Crippen molar-refractivity contribution < 1.29 is 9.13 Å². The van der Waals surface area contributed by atoms with Gasteiger partial charge in [-0.05, 0) is 29.8 Å². The molecule has 144 valence electrons. The van der Waals surface area contributed by atoms with Crippen molar-refractivity contribution >= 4 is 23.8 Å². The number of halogens is 1. The lowest BCUT2D eigenvalue weighted by atomic mass is 10.2. The molecule has 1 aromatic heterocycles. The van der Waals surface area contributed by atoms with Gasteiger partial charge < -0.3 is 15.5 Å². The molecule has 0 saturated carbocycles. The van der Waals surface area contributed by atoms with Gasteiger partial charge >= 0.3 is 0 Å². The molecule has 28 heavy (non-hydrogen) atoms. The number of benzene rings is 2. The predicted molar refractivity (Wildman–Crippen MR) is 110 cm³/mol. The van der Waals surface area contributed by atoms with E-state index < -0.39 is 0 Å². The molecule has 2 aromatic carbocycles. The van der Waals surface area contributed by atoms with E-state index in [1.807, 2.05) is 6.07 Å². The normalized spacial score (nSPS) is 10.5. The Morgan fingerprint density at radius 2 is 2.07 bits per heavy atom. The van der Waals surface area contributed by atoms with Crippen LogP contribution in [-0.4, -0.2) is 29.9 Å². The van der Waals surface area contributed by atoms with E-state index in [-0.39, 0.29) is 16.9 Å². The summed E-state index contributed by atoms with van der Waals surface area (Å²) in [5, 5.41) is 10.9. The van der Waals surface area contributed by atoms with Gasteiger partial charge in [0.15, 0.2) is 5.16 Å². The van der Waals surface area contributed by atoms with Gasteiger partial charge in [0.25, 0.3) is 5.56 Å². The Balaban J connectivity index is 2.12. The Morgan fingerprint density at radius 1 is 1.29 bits per heavy atom. The summed E-state index contributed by atoms with van der Waals surface area (Å²) in [5.41, 5.74) is 1.13. The van der Waals surface area contributed by atoms with Crippen molar-refractivity contribution in [3.63, 3.8) is 0 Å². The van der Waals surface area contributed by atoms with Crippen LogP contribution in [0.5, 0.6) is 5.75 Å². The molecular formula is C20H19FN4O2S. The molecule has 0 saturated heterocycles. The van der Waals surface area contributed by atoms with Crippen LogP contribution in [0.3, 0.4) is 0 Å². The lowest BCUT2D eigenvalue weighted by Gasteiger charge is -2.15. The first-order valence-electron chi connectivity index (χ1n) is 8.44. The summed E-state index contributed by atoms with van der Waals surface area (Å²) in [4.78, 5) is 17.6. The molecule has 0 aliphatic rings. The van der Waals surface area contributed by atoms with E-state index >= 15 is 0 Å². The molecule has 0 bridgehead atoms. The van der Waals surface area contributed by atoms with Crippen molar-refractivity contribution in [3.8, 4) is 11.4 Å². The highest BCUT2D eigenvalue weighted by atomic mass is 32.2. The van der Waals surface area contributed by atoms with Crippen LogP contribution < -0.4 is 15.6 Å². The molecule has 0 aliphatic carbocycles. The summed E-state index contributed by atoms with van der Waals surface area (Å²) < 4.78 is 20.2. The van der Waals surface area contributed by atoms with E-state index in [1.54, 1.807) is 44.5 Å². The summed E-state index contributed by atoms with van der Waals surface area (Å²) >= 11 is 1.31. The average Bonchev–Trinajstić information content (AvgIpc) is 2.71. The Bertz CT molecular complexity index is 1070. The first-order chi connectivity index (χ1) is 13.6. The number of anilines is 1. The maximum atomic E-state index is 13.5. The van der Waals surface area contributed by atoms with E-state index in [9.17, 15) is 9.18 Å². The van der Waals surface area contributed by atoms with E-state index in [0.717, 1.165) is 11.8 Å². The van der Waals surface area contributed by atoms with Crippen LogP contribution in [0.4, 0.5) is 10.2 Å². The number of hydrogen-bond acceptors (Lipinski definition) is 6. The number of rotatable bonds is 7. The van der Waals surface area contributed by atoms with E-state index in [1.165, 1.54) is 28.5 Å². The largest absolute Gasteiger partial charge is 0.497 e. The molecule has 6 nitrogen and oxygen atoms in total. The molecule has 0 unspecified atom stereocenters. The van der Waals surface area contributed by atoms with Crippen LogP contribution in [0, 0.1) is 11.2 Å². The molecule has 3 aromatic rings. The van der Waals surface area contributed by atoms with E-state index in [0.29, 0.717) is 28.2 Å². The zero-order chi connectivity index (χ0) is 20.1. The molecule has 3 rings (SSSR count). The average molecular weight is 398 g/mol. The third-order valence-electron chi connectivity index (χ3n) is 4.04. The third kappa shape index (κ3) is 4.07. The Hall–Kier alpha value is -3.13. The maximum absolute atomic E-state index is 13.5. The highest BCUT2D eigenvalue weighted by molar-refractivity contribution is 7.98. The molecule has 0 fully saturated rings. The number of nitrogens with zero attached hydrogens (tertiary/aromatic N) is 2. The zero-order valence-electron chi connectivity index (χ0n) is 15.4. The molecular weight excluding hydrogens is 379 g/mol. The number of aromatic nitrogens is 2. The summed E-state index contributed by atoms with van der Waals surface area (Å²) in [6.07, 6.45) is 0.985. The lowest BCUT2D eigenvalue weighted by molar-refractivity contribution is 0.414. The number of hydrogen-bond donors (Lipinski definition) is 2. The van der Waals surface area contributed by atoms with Gasteiger partial charge in [0.2, 0.25) is 0 Å². The molecule has 0 amide bonds. The number of ether oxygens (including phenoxy) is 1. The second-order valence-corrected chi connectivity index (χ2v) is 6.75. The molecule has 0 aliphatic heterocycles. The number of thioether (sulfide) groups is 1. The second kappa shape index (κ2) is 8.71. The fraction of sp³-hybridized carbons (Fsp3) is 0.150. The van der Waals surface area contributed by atoms with Gasteiger partial charge in [0.05, 0.1) is 12.8 Å². The third-order valence-corrected chi connectivity index (χ3v) is 5.05.